The molecule has 1 heterocycles. The summed E-state index contributed by atoms with van der Waals surface area (Å²) in [5.41, 5.74) is 1.32. The van der Waals surface area contributed by atoms with Gasteiger partial charge in [-0.15, -0.1) is 11.8 Å². The number of benzene rings is 2. The summed E-state index contributed by atoms with van der Waals surface area (Å²) in [7, 11) is 1.83. The van der Waals surface area contributed by atoms with Gasteiger partial charge in [-0.25, -0.2) is 9.37 Å². The van der Waals surface area contributed by atoms with Crippen molar-refractivity contribution < 1.29 is 14.0 Å². The van der Waals surface area contributed by atoms with Gasteiger partial charge in [0.05, 0.1) is 5.25 Å². The molecule has 0 aliphatic carbocycles. The van der Waals surface area contributed by atoms with Crippen LogP contribution in [0.15, 0.2) is 65.8 Å². The Morgan fingerprint density at radius 3 is 2.50 bits per heavy atom. The Morgan fingerprint density at radius 1 is 1.17 bits per heavy atom. The lowest BCUT2D eigenvalue weighted by atomic mass is 10.1. The lowest BCUT2D eigenvalue weighted by Gasteiger charge is -2.21. The highest BCUT2D eigenvalue weighted by atomic mass is 32.2. The fraction of sp³-hybridized carbons (Fsp3) is 0.227. The molecular formula is C22H23FN4O2S. The van der Waals surface area contributed by atoms with Crippen LogP contribution in [0.3, 0.4) is 0 Å². The van der Waals surface area contributed by atoms with Gasteiger partial charge in [0.1, 0.15) is 17.7 Å². The minimum absolute atomic E-state index is 0.138. The van der Waals surface area contributed by atoms with Crippen LogP contribution in [0.25, 0.3) is 0 Å². The van der Waals surface area contributed by atoms with E-state index in [-0.39, 0.29) is 17.6 Å². The van der Waals surface area contributed by atoms with Crippen molar-refractivity contribution in [3.63, 3.8) is 0 Å². The van der Waals surface area contributed by atoms with E-state index >= 15 is 0 Å². The number of nitrogens with zero attached hydrogens (tertiary/aromatic N) is 2. The van der Waals surface area contributed by atoms with Gasteiger partial charge in [-0.3, -0.25) is 9.59 Å². The molecule has 2 amide bonds. The summed E-state index contributed by atoms with van der Waals surface area (Å²) in [6.45, 7) is 3.26. The van der Waals surface area contributed by atoms with Crippen LogP contribution in [0.4, 0.5) is 10.1 Å². The molecule has 156 valence electrons. The normalized spacial score (nSPS) is 12.8. The summed E-state index contributed by atoms with van der Waals surface area (Å²) >= 11 is 1.40. The zero-order valence-electron chi connectivity index (χ0n) is 16.9. The maximum absolute atomic E-state index is 13.8. The molecule has 2 N–H and O–H groups in total. The van der Waals surface area contributed by atoms with Gasteiger partial charge in [0.15, 0.2) is 0 Å². The van der Waals surface area contributed by atoms with Crippen molar-refractivity contribution in [3.8, 4) is 0 Å². The van der Waals surface area contributed by atoms with Crippen molar-refractivity contribution in [1.29, 1.82) is 0 Å². The summed E-state index contributed by atoms with van der Waals surface area (Å²) in [6, 6.07) is 12.9. The molecule has 0 spiro atoms. The smallest absolute Gasteiger partial charge is 0.234 e. The van der Waals surface area contributed by atoms with Crippen LogP contribution < -0.4 is 10.6 Å². The Labute approximate surface area is 178 Å². The van der Waals surface area contributed by atoms with Gasteiger partial charge < -0.3 is 15.2 Å². The topological polar surface area (TPSA) is 76.0 Å². The molecule has 2 unspecified atom stereocenters. The van der Waals surface area contributed by atoms with E-state index in [1.54, 1.807) is 41.2 Å². The van der Waals surface area contributed by atoms with Crippen LogP contribution in [0, 0.1) is 5.82 Å². The molecule has 3 aromatic rings. The van der Waals surface area contributed by atoms with Crippen molar-refractivity contribution in [1.82, 2.24) is 14.9 Å². The first kappa shape index (κ1) is 21.6. The van der Waals surface area contributed by atoms with Crippen LogP contribution in [-0.2, 0) is 16.6 Å². The maximum atomic E-state index is 13.8. The van der Waals surface area contributed by atoms with Gasteiger partial charge in [-0.05, 0) is 48.9 Å². The second-order valence-corrected chi connectivity index (χ2v) is 8.27. The molecule has 8 heteroatoms. The van der Waals surface area contributed by atoms with E-state index in [1.165, 1.54) is 30.8 Å². The summed E-state index contributed by atoms with van der Waals surface area (Å²) in [5, 5.41) is 5.31. The average Bonchev–Trinajstić information content (AvgIpc) is 3.12. The van der Waals surface area contributed by atoms with E-state index in [4.69, 9.17) is 0 Å². The molecule has 2 atom stereocenters. The molecule has 3 rings (SSSR count). The Bertz CT molecular complexity index is 1040. The quantitative estimate of drug-likeness (QED) is 0.562. The highest BCUT2D eigenvalue weighted by Gasteiger charge is 2.24. The van der Waals surface area contributed by atoms with Gasteiger partial charge in [0.25, 0.3) is 0 Å². The average molecular weight is 427 g/mol. The van der Waals surface area contributed by atoms with E-state index in [0.29, 0.717) is 17.1 Å². The van der Waals surface area contributed by atoms with E-state index in [0.717, 1.165) is 4.90 Å². The third-order valence-corrected chi connectivity index (χ3v) is 5.55. The molecule has 1 aromatic heterocycles. The van der Waals surface area contributed by atoms with Gasteiger partial charge in [0.2, 0.25) is 11.8 Å². The molecule has 0 saturated carbocycles. The Morgan fingerprint density at radius 2 is 1.90 bits per heavy atom. The lowest BCUT2D eigenvalue weighted by Crippen LogP contribution is -2.36. The first-order chi connectivity index (χ1) is 14.3. The van der Waals surface area contributed by atoms with Crippen molar-refractivity contribution in [2.24, 2.45) is 7.05 Å². The molecule has 0 saturated heterocycles. The second-order valence-electron chi connectivity index (χ2n) is 6.86. The molecular weight excluding hydrogens is 403 g/mol. The molecule has 30 heavy (non-hydrogen) atoms. The Hall–Kier alpha value is -3.13. The highest BCUT2D eigenvalue weighted by molar-refractivity contribution is 8.00. The number of carbonyl (C=O) groups excluding carboxylic acids is 2. The number of nitrogens with one attached hydrogen (secondary N) is 2. The standard InChI is InChI=1S/C22H23FN4O2S/c1-14(30-19-9-7-18(8-10-19)25-15(2)28)22(29)26-20(21-24-11-12-27(21)3)16-5-4-6-17(23)13-16/h4-14,20H,1-3H3,(H,25,28)(H,26,29). The van der Waals surface area contributed by atoms with Crippen molar-refractivity contribution in [2.75, 3.05) is 5.32 Å². The van der Waals surface area contributed by atoms with Crippen LogP contribution in [0.5, 0.6) is 0 Å². The zero-order chi connectivity index (χ0) is 21.7. The highest BCUT2D eigenvalue weighted by Crippen LogP contribution is 2.27. The molecule has 0 radical (unpaired) electrons. The van der Waals surface area contributed by atoms with E-state index < -0.39 is 11.3 Å². The molecule has 0 aliphatic rings. The summed E-state index contributed by atoms with van der Waals surface area (Å²) in [4.78, 5) is 29.3. The fourth-order valence-electron chi connectivity index (χ4n) is 2.98. The monoisotopic (exact) mass is 426 g/mol. The number of amides is 2. The summed E-state index contributed by atoms with van der Waals surface area (Å²) in [6.07, 6.45) is 3.42. The molecule has 6 nitrogen and oxygen atoms in total. The number of carbonyl (C=O) groups is 2. The fourth-order valence-corrected chi connectivity index (χ4v) is 3.85. The Balaban J connectivity index is 1.73. The van der Waals surface area contributed by atoms with Crippen molar-refractivity contribution in [2.45, 2.75) is 30.0 Å². The Kier molecular flexibility index (Phi) is 6.89. The van der Waals surface area contributed by atoms with Crippen LogP contribution in [0.2, 0.25) is 0 Å². The van der Waals surface area contributed by atoms with Gasteiger partial charge in [0, 0.05) is 36.9 Å². The number of imidazole rings is 1. The number of hydrogen-bond donors (Lipinski definition) is 2. The number of aryl methyl sites for hydroxylation is 1. The van der Waals surface area contributed by atoms with Crippen molar-refractivity contribution >= 4 is 29.3 Å². The van der Waals surface area contributed by atoms with Crippen LogP contribution >= 0.6 is 11.8 Å². The van der Waals surface area contributed by atoms with E-state index in [2.05, 4.69) is 15.6 Å². The van der Waals surface area contributed by atoms with Crippen LogP contribution in [-0.4, -0.2) is 26.6 Å². The van der Waals surface area contributed by atoms with Gasteiger partial charge in [-0.2, -0.15) is 0 Å². The number of anilines is 1. The number of halogens is 1. The van der Waals surface area contributed by atoms with E-state index in [9.17, 15) is 14.0 Å². The number of hydrogen-bond acceptors (Lipinski definition) is 4. The first-order valence-corrected chi connectivity index (χ1v) is 10.3. The first-order valence-electron chi connectivity index (χ1n) is 9.41. The molecule has 0 aliphatic heterocycles. The van der Waals surface area contributed by atoms with Crippen molar-refractivity contribution in [3.05, 3.63) is 78.1 Å². The summed E-state index contributed by atoms with van der Waals surface area (Å²) in [5.74, 6) is -0.0857. The predicted octanol–water partition coefficient (Wildman–Crippen LogP) is 3.90. The predicted molar refractivity (Wildman–Crippen MR) is 116 cm³/mol. The number of rotatable bonds is 7. The minimum Gasteiger partial charge on any atom is -0.341 e. The molecule has 2 aromatic carbocycles. The second kappa shape index (κ2) is 9.58. The van der Waals surface area contributed by atoms with Crippen LogP contribution in [0.1, 0.15) is 31.3 Å². The molecule has 0 bridgehead atoms. The zero-order valence-corrected chi connectivity index (χ0v) is 17.7. The SMILES string of the molecule is CC(=O)Nc1ccc(SC(C)C(=O)NC(c2cccc(F)c2)c2nccn2C)cc1. The third-order valence-electron chi connectivity index (χ3n) is 4.44. The maximum Gasteiger partial charge on any atom is 0.234 e. The molecule has 0 fully saturated rings. The third kappa shape index (κ3) is 5.48. The van der Waals surface area contributed by atoms with E-state index in [1.807, 2.05) is 26.1 Å². The summed E-state index contributed by atoms with van der Waals surface area (Å²) < 4.78 is 15.6. The van der Waals surface area contributed by atoms with Gasteiger partial charge >= 0.3 is 0 Å². The number of thioether (sulfide) groups is 1. The minimum atomic E-state index is -0.571. The lowest BCUT2D eigenvalue weighted by molar-refractivity contribution is -0.120. The largest absolute Gasteiger partial charge is 0.341 e. The number of aromatic nitrogens is 2. The van der Waals surface area contributed by atoms with Gasteiger partial charge in [-0.1, -0.05) is 12.1 Å².